The summed E-state index contributed by atoms with van der Waals surface area (Å²) in [5.41, 5.74) is 4.56. The molecule has 0 N–H and O–H groups in total. The van der Waals surface area contributed by atoms with Crippen molar-refractivity contribution >= 4 is 28.9 Å². The third-order valence-corrected chi connectivity index (χ3v) is 4.87. The van der Waals surface area contributed by atoms with Gasteiger partial charge in [0.25, 0.3) is 0 Å². The molecule has 29 heavy (non-hydrogen) atoms. The van der Waals surface area contributed by atoms with Gasteiger partial charge in [0.2, 0.25) is 0 Å². The van der Waals surface area contributed by atoms with Crippen molar-refractivity contribution in [3.63, 3.8) is 0 Å². The first kappa shape index (κ1) is 18.6. The van der Waals surface area contributed by atoms with Crippen molar-refractivity contribution in [1.82, 2.24) is 9.97 Å². The third-order valence-electron chi connectivity index (χ3n) is 4.87. The van der Waals surface area contributed by atoms with E-state index >= 15 is 0 Å². The average Bonchev–Trinajstić information content (AvgIpc) is 2.79. The SMILES string of the molecule is CN(C)c1ncccc1C1=CC(c2ccccn2)=CN(c2ccccc2)C1C=O. The van der Waals surface area contributed by atoms with Crippen molar-refractivity contribution in [2.24, 2.45) is 0 Å². The molecule has 0 fully saturated rings. The van der Waals surface area contributed by atoms with Gasteiger partial charge in [-0.3, -0.25) is 4.98 Å². The average molecular weight is 382 g/mol. The zero-order valence-corrected chi connectivity index (χ0v) is 16.4. The lowest BCUT2D eigenvalue weighted by Gasteiger charge is -2.34. The number of allylic oxidation sites excluding steroid dienone is 2. The molecule has 0 saturated carbocycles. The standard InChI is InChI=1S/C24H22N4O/c1-27(2)24-20(11-8-14-26-24)21-15-18(22-12-6-7-13-25-22)16-28(23(21)17-29)19-9-4-3-5-10-19/h3-17,23H,1-2H3. The first-order chi connectivity index (χ1) is 14.2. The van der Waals surface area contributed by atoms with Crippen LogP contribution >= 0.6 is 0 Å². The smallest absolute Gasteiger partial charge is 0.147 e. The first-order valence-electron chi connectivity index (χ1n) is 9.45. The predicted octanol–water partition coefficient (Wildman–Crippen LogP) is 4.05. The third kappa shape index (κ3) is 3.67. The van der Waals surface area contributed by atoms with Crippen LogP contribution in [0.15, 0.2) is 85.3 Å². The van der Waals surface area contributed by atoms with Gasteiger partial charge in [0.15, 0.2) is 0 Å². The second-order valence-electron chi connectivity index (χ2n) is 6.99. The van der Waals surface area contributed by atoms with Gasteiger partial charge in [-0.15, -0.1) is 0 Å². The highest BCUT2D eigenvalue weighted by atomic mass is 16.1. The Hall–Kier alpha value is -3.73. The fourth-order valence-corrected chi connectivity index (χ4v) is 3.53. The Morgan fingerprint density at radius 3 is 2.38 bits per heavy atom. The van der Waals surface area contributed by atoms with Gasteiger partial charge in [-0.05, 0) is 48.0 Å². The minimum Gasteiger partial charge on any atom is -0.362 e. The Balaban J connectivity index is 1.92. The van der Waals surface area contributed by atoms with Crippen molar-refractivity contribution in [1.29, 1.82) is 0 Å². The van der Waals surface area contributed by atoms with E-state index in [0.29, 0.717) is 0 Å². The second-order valence-corrected chi connectivity index (χ2v) is 6.99. The summed E-state index contributed by atoms with van der Waals surface area (Å²) in [5.74, 6) is 0.820. The number of aldehydes is 1. The van der Waals surface area contributed by atoms with Gasteiger partial charge in [0.1, 0.15) is 18.1 Å². The summed E-state index contributed by atoms with van der Waals surface area (Å²) < 4.78 is 0. The minimum atomic E-state index is -0.465. The maximum absolute atomic E-state index is 12.3. The molecule has 0 bridgehead atoms. The number of anilines is 2. The number of hydrogen-bond donors (Lipinski definition) is 0. The maximum Gasteiger partial charge on any atom is 0.147 e. The van der Waals surface area contributed by atoms with E-state index in [4.69, 9.17) is 0 Å². The molecule has 144 valence electrons. The van der Waals surface area contributed by atoms with E-state index in [1.54, 1.807) is 12.4 Å². The number of rotatable bonds is 5. The zero-order valence-electron chi connectivity index (χ0n) is 16.4. The number of para-hydroxylation sites is 1. The van der Waals surface area contributed by atoms with Crippen molar-refractivity contribution in [3.05, 3.63) is 96.6 Å². The normalized spacial score (nSPS) is 16.1. The van der Waals surface area contributed by atoms with E-state index in [9.17, 15) is 4.79 Å². The molecule has 0 saturated heterocycles. The van der Waals surface area contributed by atoms with Gasteiger partial charge >= 0.3 is 0 Å². The fourth-order valence-electron chi connectivity index (χ4n) is 3.53. The molecule has 0 amide bonds. The predicted molar refractivity (Wildman–Crippen MR) is 118 cm³/mol. The molecule has 5 heteroatoms. The van der Waals surface area contributed by atoms with E-state index in [2.05, 4.69) is 9.97 Å². The monoisotopic (exact) mass is 382 g/mol. The maximum atomic E-state index is 12.3. The van der Waals surface area contributed by atoms with Crippen LogP contribution in [0.2, 0.25) is 0 Å². The molecule has 1 atom stereocenters. The highest BCUT2D eigenvalue weighted by Crippen LogP contribution is 2.37. The molecule has 4 rings (SSSR count). The van der Waals surface area contributed by atoms with Crippen LogP contribution in [0.1, 0.15) is 11.3 Å². The Labute approximate surface area is 170 Å². The van der Waals surface area contributed by atoms with E-state index < -0.39 is 6.04 Å². The number of hydrogen-bond acceptors (Lipinski definition) is 5. The molecule has 3 aromatic rings. The van der Waals surface area contributed by atoms with Gasteiger partial charge in [0.05, 0.1) is 5.69 Å². The lowest BCUT2D eigenvalue weighted by Crippen LogP contribution is -2.36. The van der Waals surface area contributed by atoms with Crippen LogP contribution in [0, 0.1) is 0 Å². The Morgan fingerprint density at radius 1 is 0.931 bits per heavy atom. The lowest BCUT2D eigenvalue weighted by atomic mass is 9.91. The summed E-state index contributed by atoms with van der Waals surface area (Å²) in [6.07, 6.45) is 8.56. The van der Waals surface area contributed by atoms with Crippen molar-refractivity contribution < 1.29 is 4.79 Å². The van der Waals surface area contributed by atoms with Gasteiger partial charge < -0.3 is 14.6 Å². The van der Waals surface area contributed by atoms with Gasteiger partial charge in [-0.25, -0.2) is 4.98 Å². The highest BCUT2D eigenvalue weighted by molar-refractivity contribution is 5.99. The summed E-state index contributed by atoms with van der Waals surface area (Å²) in [4.78, 5) is 25.3. The van der Waals surface area contributed by atoms with Crippen molar-refractivity contribution in [3.8, 4) is 0 Å². The molecule has 1 aliphatic heterocycles. The number of aromatic nitrogens is 2. The van der Waals surface area contributed by atoms with Crippen LogP contribution in [0.3, 0.4) is 0 Å². The quantitative estimate of drug-likeness (QED) is 0.623. The van der Waals surface area contributed by atoms with Gasteiger partial charge in [-0.2, -0.15) is 0 Å². The summed E-state index contributed by atoms with van der Waals surface area (Å²) in [6.45, 7) is 0. The lowest BCUT2D eigenvalue weighted by molar-refractivity contribution is -0.107. The van der Waals surface area contributed by atoms with E-state index in [1.165, 1.54) is 0 Å². The molecule has 0 spiro atoms. The Morgan fingerprint density at radius 2 is 1.69 bits per heavy atom. The Bertz CT molecular complexity index is 1060. The Kier molecular flexibility index (Phi) is 5.20. The zero-order chi connectivity index (χ0) is 20.2. The van der Waals surface area contributed by atoms with Crippen molar-refractivity contribution in [2.75, 3.05) is 23.9 Å². The first-order valence-corrected chi connectivity index (χ1v) is 9.45. The molecule has 1 unspecified atom stereocenters. The number of benzene rings is 1. The summed E-state index contributed by atoms with van der Waals surface area (Å²) in [5, 5.41) is 0. The fraction of sp³-hybridized carbons (Fsp3) is 0.125. The van der Waals surface area contributed by atoms with E-state index in [1.807, 2.05) is 96.8 Å². The van der Waals surface area contributed by atoms with Crippen LogP contribution in [0.5, 0.6) is 0 Å². The number of nitrogens with zero attached hydrogens (tertiary/aromatic N) is 4. The summed E-state index contributed by atoms with van der Waals surface area (Å²) in [6, 6.07) is 19.2. The van der Waals surface area contributed by atoms with Gasteiger partial charge in [-0.1, -0.05) is 24.3 Å². The molecule has 3 heterocycles. The van der Waals surface area contributed by atoms with Crippen LogP contribution in [-0.2, 0) is 4.79 Å². The summed E-state index contributed by atoms with van der Waals surface area (Å²) >= 11 is 0. The molecule has 5 nitrogen and oxygen atoms in total. The topological polar surface area (TPSA) is 49.3 Å². The van der Waals surface area contributed by atoms with Crippen LogP contribution < -0.4 is 9.80 Å². The van der Waals surface area contributed by atoms with E-state index in [0.717, 1.165) is 40.2 Å². The van der Waals surface area contributed by atoms with Gasteiger partial charge in [0, 0.05) is 49.5 Å². The molecule has 2 aromatic heterocycles. The molecule has 1 aromatic carbocycles. The summed E-state index contributed by atoms with van der Waals surface area (Å²) in [7, 11) is 3.91. The second kappa shape index (κ2) is 8.10. The molecule has 0 aliphatic carbocycles. The number of pyridine rings is 2. The molecule has 0 radical (unpaired) electrons. The largest absolute Gasteiger partial charge is 0.362 e. The number of carbonyl (C=O) groups is 1. The van der Waals surface area contributed by atoms with E-state index in [-0.39, 0.29) is 0 Å². The molecular weight excluding hydrogens is 360 g/mol. The van der Waals surface area contributed by atoms with Crippen LogP contribution in [0.4, 0.5) is 11.5 Å². The highest BCUT2D eigenvalue weighted by Gasteiger charge is 2.29. The van der Waals surface area contributed by atoms with Crippen molar-refractivity contribution in [2.45, 2.75) is 6.04 Å². The minimum absolute atomic E-state index is 0.465. The molecule has 1 aliphatic rings. The van der Waals surface area contributed by atoms with Crippen LogP contribution in [0.25, 0.3) is 11.1 Å². The number of carbonyl (C=O) groups excluding carboxylic acids is 1. The van der Waals surface area contributed by atoms with Crippen LogP contribution in [-0.4, -0.2) is 36.4 Å². The molecular formula is C24H22N4O.